The molecule has 0 radical (unpaired) electrons. The molecule has 1 aromatic heterocycles. The first-order valence-corrected chi connectivity index (χ1v) is 7.19. The van der Waals surface area contributed by atoms with Gasteiger partial charge < -0.3 is 4.90 Å². The Morgan fingerprint density at radius 1 is 1.00 bits per heavy atom. The van der Waals surface area contributed by atoms with Crippen LogP contribution in [0.1, 0.15) is 31.5 Å². The molecule has 1 saturated heterocycles. The Kier molecular flexibility index (Phi) is 4.89. The molecule has 0 atom stereocenters. The van der Waals surface area contributed by atoms with Crippen LogP contribution in [0.25, 0.3) is 0 Å². The Hall–Kier alpha value is -0.560. The first kappa shape index (κ1) is 14.8. The van der Waals surface area contributed by atoms with Gasteiger partial charge in [-0.1, -0.05) is 47.6 Å². The molecule has 9 heteroatoms. The number of hydrogen-bond donors (Lipinski definition) is 2. The molecule has 0 bridgehead atoms. The van der Waals surface area contributed by atoms with E-state index >= 15 is 0 Å². The summed E-state index contributed by atoms with van der Waals surface area (Å²) in [6.45, 7) is 1.76. The van der Waals surface area contributed by atoms with Gasteiger partial charge in [-0.2, -0.15) is 15.0 Å². The third-order valence-electron chi connectivity index (χ3n) is 2.90. The van der Waals surface area contributed by atoms with Gasteiger partial charge in [0.1, 0.15) is 0 Å². The number of nitrogens with zero attached hydrogens (tertiary/aromatic N) is 4. The van der Waals surface area contributed by atoms with Crippen LogP contribution in [-0.4, -0.2) is 28.0 Å². The van der Waals surface area contributed by atoms with Crippen molar-refractivity contribution in [2.75, 3.05) is 23.4 Å². The lowest BCUT2D eigenvalue weighted by Crippen LogP contribution is -2.28. The van der Waals surface area contributed by atoms with E-state index in [9.17, 15) is 0 Å². The summed E-state index contributed by atoms with van der Waals surface area (Å²) < 4.78 is -1.70. The van der Waals surface area contributed by atoms with Gasteiger partial charge in [0.05, 0.1) is 0 Å². The van der Waals surface area contributed by atoms with Crippen LogP contribution < -0.4 is 16.2 Å². The predicted octanol–water partition coefficient (Wildman–Crippen LogP) is 2.36. The number of rotatable bonds is 2. The van der Waals surface area contributed by atoms with E-state index in [1.54, 1.807) is 0 Å². The summed E-state index contributed by atoms with van der Waals surface area (Å²) >= 11 is 17.5. The standard InChI is InChI=1S/C10H15Cl3N6/c11-10(12,13)7-15-8(18-14)17-9(16-7)19-5-3-1-2-4-6-19/h1-6,14H2,(H,15,16,17,18). The topological polar surface area (TPSA) is 80.0 Å². The molecule has 0 saturated carbocycles. The second-order valence-corrected chi connectivity index (χ2v) is 6.61. The quantitative estimate of drug-likeness (QED) is 0.493. The minimum Gasteiger partial charge on any atom is -0.341 e. The lowest BCUT2D eigenvalue weighted by Gasteiger charge is -2.21. The van der Waals surface area contributed by atoms with Gasteiger partial charge in [-0.15, -0.1) is 0 Å². The van der Waals surface area contributed by atoms with E-state index in [4.69, 9.17) is 40.6 Å². The fourth-order valence-electron chi connectivity index (χ4n) is 1.97. The zero-order valence-electron chi connectivity index (χ0n) is 10.2. The Balaban J connectivity index is 2.33. The summed E-state index contributed by atoms with van der Waals surface area (Å²) in [6, 6.07) is 0. The lowest BCUT2D eigenvalue weighted by molar-refractivity contribution is 0.726. The van der Waals surface area contributed by atoms with Crippen molar-refractivity contribution in [2.45, 2.75) is 29.5 Å². The molecule has 1 aliphatic heterocycles. The molecule has 3 N–H and O–H groups in total. The minimum absolute atomic E-state index is 0.0692. The van der Waals surface area contributed by atoms with E-state index in [0.717, 1.165) is 25.9 Å². The average molecular weight is 326 g/mol. The maximum Gasteiger partial charge on any atom is 0.250 e. The first-order valence-electron chi connectivity index (χ1n) is 6.05. The highest BCUT2D eigenvalue weighted by atomic mass is 35.6. The predicted molar refractivity (Wildman–Crippen MR) is 77.6 cm³/mol. The zero-order valence-corrected chi connectivity index (χ0v) is 12.5. The van der Waals surface area contributed by atoms with Gasteiger partial charge in [-0.05, 0) is 12.8 Å². The van der Waals surface area contributed by atoms with Gasteiger partial charge in [0.15, 0.2) is 5.82 Å². The Morgan fingerprint density at radius 2 is 1.63 bits per heavy atom. The van der Waals surface area contributed by atoms with Crippen molar-refractivity contribution in [3.63, 3.8) is 0 Å². The number of hydrazine groups is 1. The van der Waals surface area contributed by atoms with Gasteiger partial charge in [0.2, 0.25) is 15.7 Å². The molecule has 0 amide bonds. The SMILES string of the molecule is NNc1nc(N2CCCCCC2)nc(C(Cl)(Cl)Cl)n1. The van der Waals surface area contributed by atoms with Gasteiger partial charge in [0, 0.05) is 13.1 Å². The van der Waals surface area contributed by atoms with Crippen LogP contribution in [0.5, 0.6) is 0 Å². The van der Waals surface area contributed by atoms with Crippen LogP contribution in [0.4, 0.5) is 11.9 Å². The van der Waals surface area contributed by atoms with E-state index in [1.165, 1.54) is 12.8 Å². The van der Waals surface area contributed by atoms with Crippen LogP contribution in [-0.2, 0) is 3.79 Å². The smallest absolute Gasteiger partial charge is 0.250 e. The van der Waals surface area contributed by atoms with E-state index < -0.39 is 3.79 Å². The summed E-state index contributed by atoms with van der Waals surface area (Å²) in [5.74, 6) is 6.09. The highest BCUT2D eigenvalue weighted by molar-refractivity contribution is 6.66. The van der Waals surface area contributed by atoms with E-state index in [1.807, 2.05) is 0 Å². The Labute approximate surface area is 126 Å². The first-order chi connectivity index (χ1) is 9.00. The zero-order chi connectivity index (χ0) is 13.9. The molecule has 1 aromatic rings. The van der Waals surface area contributed by atoms with Crippen molar-refractivity contribution in [2.24, 2.45) is 5.84 Å². The Bertz CT molecular complexity index is 428. The van der Waals surface area contributed by atoms with Crippen molar-refractivity contribution in [3.8, 4) is 0 Å². The van der Waals surface area contributed by atoms with Gasteiger partial charge >= 0.3 is 0 Å². The largest absolute Gasteiger partial charge is 0.341 e. The van der Waals surface area contributed by atoms with Crippen LogP contribution >= 0.6 is 34.8 Å². The molecule has 19 heavy (non-hydrogen) atoms. The average Bonchev–Trinajstić information content (AvgIpc) is 2.66. The second kappa shape index (κ2) is 6.26. The monoisotopic (exact) mass is 324 g/mol. The van der Waals surface area contributed by atoms with Crippen molar-refractivity contribution >= 4 is 46.7 Å². The molecule has 2 rings (SSSR count). The fourth-order valence-corrected chi connectivity index (χ4v) is 2.22. The number of aromatic nitrogens is 3. The lowest BCUT2D eigenvalue weighted by atomic mass is 10.2. The molecule has 106 valence electrons. The molecule has 0 aromatic carbocycles. The van der Waals surface area contributed by atoms with E-state index in [2.05, 4.69) is 25.3 Å². The number of alkyl halides is 3. The minimum atomic E-state index is -1.70. The molecular weight excluding hydrogens is 311 g/mol. The van der Waals surface area contributed by atoms with Crippen LogP contribution in [0.2, 0.25) is 0 Å². The van der Waals surface area contributed by atoms with Gasteiger partial charge in [-0.3, -0.25) is 5.43 Å². The highest BCUT2D eigenvalue weighted by Gasteiger charge is 2.29. The number of hydrogen-bond acceptors (Lipinski definition) is 6. The number of anilines is 2. The molecule has 0 spiro atoms. The summed E-state index contributed by atoms with van der Waals surface area (Å²) in [6.07, 6.45) is 4.61. The summed E-state index contributed by atoms with van der Waals surface area (Å²) in [7, 11) is 0. The molecule has 1 aliphatic rings. The van der Waals surface area contributed by atoms with Crippen LogP contribution in [0.3, 0.4) is 0 Å². The summed E-state index contributed by atoms with van der Waals surface area (Å²) in [5, 5.41) is 0. The van der Waals surface area contributed by atoms with E-state index in [-0.39, 0.29) is 11.8 Å². The molecule has 0 unspecified atom stereocenters. The van der Waals surface area contributed by atoms with E-state index in [0.29, 0.717) is 5.95 Å². The molecule has 2 heterocycles. The van der Waals surface area contributed by atoms with Crippen molar-refractivity contribution in [3.05, 3.63) is 5.82 Å². The normalized spacial score (nSPS) is 17.2. The summed E-state index contributed by atoms with van der Waals surface area (Å²) in [5.41, 5.74) is 2.37. The van der Waals surface area contributed by atoms with Gasteiger partial charge in [-0.25, -0.2) is 5.84 Å². The maximum absolute atomic E-state index is 5.82. The van der Waals surface area contributed by atoms with Crippen molar-refractivity contribution in [1.29, 1.82) is 0 Å². The van der Waals surface area contributed by atoms with Crippen LogP contribution in [0.15, 0.2) is 0 Å². The number of nitrogen functional groups attached to an aromatic ring is 1. The molecular formula is C10H15Cl3N6. The number of halogens is 3. The van der Waals surface area contributed by atoms with Crippen LogP contribution in [0, 0.1) is 0 Å². The molecule has 6 nitrogen and oxygen atoms in total. The summed E-state index contributed by atoms with van der Waals surface area (Å²) in [4.78, 5) is 14.5. The molecule has 1 fully saturated rings. The number of nitrogens with one attached hydrogen (secondary N) is 1. The fraction of sp³-hybridized carbons (Fsp3) is 0.700. The third kappa shape index (κ3) is 3.95. The molecule has 0 aliphatic carbocycles. The van der Waals surface area contributed by atoms with Crippen molar-refractivity contribution < 1.29 is 0 Å². The number of nitrogens with two attached hydrogens (primary N) is 1. The van der Waals surface area contributed by atoms with Crippen molar-refractivity contribution in [1.82, 2.24) is 15.0 Å². The maximum atomic E-state index is 5.82. The highest BCUT2D eigenvalue weighted by Crippen LogP contribution is 2.36. The third-order valence-corrected chi connectivity index (χ3v) is 3.40. The van der Waals surface area contributed by atoms with Gasteiger partial charge in [0.25, 0.3) is 0 Å². The Morgan fingerprint density at radius 3 is 2.16 bits per heavy atom. The second-order valence-electron chi connectivity index (χ2n) is 4.33.